The van der Waals surface area contributed by atoms with Crippen molar-refractivity contribution in [3.05, 3.63) is 60.2 Å². The Morgan fingerprint density at radius 1 is 1.00 bits per heavy atom. The molecule has 2 atom stereocenters. The summed E-state index contributed by atoms with van der Waals surface area (Å²) < 4.78 is 0. The smallest absolute Gasteiger partial charge is 0.214 e. The van der Waals surface area contributed by atoms with E-state index in [9.17, 15) is 0 Å². The predicted octanol–water partition coefficient (Wildman–Crippen LogP) is 3.56. The topological polar surface area (TPSA) is 0 Å². The van der Waals surface area contributed by atoms with Gasteiger partial charge in [0.05, 0.1) is 0 Å². The first kappa shape index (κ1) is 14.1. The second kappa shape index (κ2) is 8.39. The molecule has 0 fully saturated rings. The van der Waals surface area contributed by atoms with Crippen LogP contribution in [0, 0.1) is 0 Å². The SMILES string of the molecule is PC(P)c1ccc[cH-]1.[Fe+2].c1cc[cH-]c1. The molecule has 14 heavy (non-hydrogen) atoms. The second-order valence-electron chi connectivity index (χ2n) is 2.71. The molecule has 0 aliphatic heterocycles. The number of hydrogen-bond acceptors (Lipinski definition) is 0. The van der Waals surface area contributed by atoms with E-state index >= 15 is 0 Å². The van der Waals surface area contributed by atoms with Crippen LogP contribution in [0.15, 0.2) is 54.6 Å². The first-order valence-corrected chi connectivity index (χ1v) is 5.53. The maximum Gasteiger partial charge on any atom is 2.00 e. The van der Waals surface area contributed by atoms with Crippen molar-refractivity contribution in [2.24, 2.45) is 0 Å². The average Bonchev–Trinajstić information content (AvgIpc) is 2.82. The molecule has 2 aromatic rings. The molecule has 0 saturated carbocycles. The van der Waals surface area contributed by atoms with Gasteiger partial charge in [0, 0.05) is 0 Å². The molecule has 0 aromatic heterocycles. The summed E-state index contributed by atoms with van der Waals surface area (Å²) in [7, 11) is 5.45. The van der Waals surface area contributed by atoms with Gasteiger partial charge in [-0.05, 0) is 5.40 Å². The molecule has 0 nitrogen and oxygen atoms in total. The second-order valence-corrected chi connectivity index (χ2v) is 4.91. The van der Waals surface area contributed by atoms with Gasteiger partial charge >= 0.3 is 17.1 Å². The van der Waals surface area contributed by atoms with Crippen LogP contribution in [0.25, 0.3) is 0 Å². The standard InChI is InChI=1S/C6H9P2.C5H5.Fe/c7-6(8)5-3-1-2-4-5;1-2-4-5-3-1;/h1-4,6H,7-8H2;1-5H;/q2*-1;+2. The van der Waals surface area contributed by atoms with E-state index in [2.05, 4.69) is 42.7 Å². The van der Waals surface area contributed by atoms with E-state index in [1.165, 1.54) is 5.56 Å². The van der Waals surface area contributed by atoms with Crippen molar-refractivity contribution in [2.45, 2.75) is 5.40 Å². The minimum absolute atomic E-state index is 0. The Labute approximate surface area is 101 Å². The first-order chi connectivity index (χ1) is 6.30. The predicted molar refractivity (Wildman–Crippen MR) is 66.2 cm³/mol. The minimum Gasteiger partial charge on any atom is -0.214 e. The van der Waals surface area contributed by atoms with Crippen LogP contribution in [0.3, 0.4) is 0 Å². The molecule has 0 heterocycles. The first-order valence-electron chi connectivity index (χ1n) is 4.20. The Balaban J connectivity index is 0.000000246. The summed E-state index contributed by atoms with van der Waals surface area (Å²) in [6.07, 6.45) is 0. The van der Waals surface area contributed by atoms with Crippen LogP contribution in [0.1, 0.15) is 11.0 Å². The largest absolute Gasteiger partial charge is 2.00 e. The van der Waals surface area contributed by atoms with Crippen LogP contribution in [0.5, 0.6) is 0 Å². The van der Waals surface area contributed by atoms with Crippen LogP contribution >= 0.6 is 18.5 Å². The third-order valence-electron chi connectivity index (χ3n) is 1.63. The maximum atomic E-state index is 2.73. The molecule has 76 valence electrons. The summed E-state index contributed by atoms with van der Waals surface area (Å²) in [5.41, 5.74) is 1.36. The van der Waals surface area contributed by atoms with E-state index < -0.39 is 0 Å². The van der Waals surface area contributed by atoms with Crippen LogP contribution in [0.4, 0.5) is 0 Å². The van der Waals surface area contributed by atoms with Gasteiger partial charge < -0.3 is 0 Å². The van der Waals surface area contributed by atoms with E-state index in [0.717, 1.165) is 0 Å². The zero-order valence-corrected chi connectivity index (χ0v) is 11.2. The van der Waals surface area contributed by atoms with Gasteiger partial charge in [0.1, 0.15) is 0 Å². The molecule has 0 saturated heterocycles. The molecule has 0 spiro atoms. The third-order valence-corrected chi connectivity index (χ3v) is 2.40. The monoisotopic (exact) mass is 264 g/mol. The number of hydrogen-bond donors (Lipinski definition) is 0. The summed E-state index contributed by atoms with van der Waals surface area (Å²) in [5, 5.41) is 0.519. The van der Waals surface area contributed by atoms with Crippen molar-refractivity contribution < 1.29 is 17.1 Å². The summed E-state index contributed by atoms with van der Waals surface area (Å²) in [4.78, 5) is 0. The van der Waals surface area contributed by atoms with Gasteiger partial charge in [0.25, 0.3) is 0 Å². The molecule has 0 N–H and O–H groups in total. The summed E-state index contributed by atoms with van der Waals surface area (Å²) in [6.45, 7) is 0. The van der Waals surface area contributed by atoms with Crippen molar-refractivity contribution in [1.82, 2.24) is 0 Å². The van der Waals surface area contributed by atoms with Gasteiger partial charge in [-0.25, -0.2) is 24.3 Å². The average molecular weight is 264 g/mol. The summed E-state index contributed by atoms with van der Waals surface area (Å²) in [6, 6.07) is 18.3. The minimum atomic E-state index is 0. The van der Waals surface area contributed by atoms with Gasteiger partial charge in [0.15, 0.2) is 0 Å². The van der Waals surface area contributed by atoms with E-state index in [0.29, 0.717) is 5.40 Å². The van der Waals surface area contributed by atoms with E-state index in [1.807, 2.05) is 30.3 Å². The van der Waals surface area contributed by atoms with Crippen LogP contribution in [-0.4, -0.2) is 0 Å². The Hall–Kier alpha value is 0.0795. The van der Waals surface area contributed by atoms with Crippen molar-refractivity contribution in [3.8, 4) is 0 Å². The molecular weight excluding hydrogens is 250 g/mol. The Morgan fingerprint density at radius 3 is 1.86 bits per heavy atom. The fourth-order valence-electron chi connectivity index (χ4n) is 0.932. The Bertz CT molecular complexity index is 268. The van der Waals surface area contributed by atoms with E-state index in [4.69, 9.17) is 0 Å². The van der Waals surface area contributed by atoms with Gasteiger partial charge in [-0.15, -0.1) is 18.5 Å². The maximum absolute atomic E-state index is 2.73. The molecule has 0 bridgehead atoms. The fourth-order valence-corrected chi connectivity index (χ4v) is 1.38. The Morgan fingerprint density at radius 2 is 1.64 bits per heavy atom. The van der Waals surface area contributed by atoms with Crippen molar-refractivity contribution in [3.63, 3.8) is 0 Å². The number of rotatable bonds is 1. The van der Waals surface area contributed by atoms with Crippen LogP contribution in [-0.2, 0) is 17.1 Å². The van der Waals surface area contributed by atoms with Crippen LogP contribution in [0.2, 0.25) is 0 Å². The molecule has 2 rings (SSSR count). The molecule has 0 radical (unpaired) electrons. The summed E-state index contributed by atoms with van der Waals surface area (Å²) in [5.74, 6) is 0. The third kappa shape index (κ3) is 5.74. The van der Waals surface area contributed by atoms with Gasteiger partial charge in [0.2, 0.25) is 0 Å². The quantitative estimate of drug-likeness (QED) is 0.419. The molecule has 0 aliphatic carbocycles. The summed E-state index contributed by atoms with van der Waals surface area (Å²) >= 11 is 0. The normalized spacial score (nSPS) is 8.79. The van der Waals surface area contributed by atoms with Gasteiger partial charge in [-0.1, -0.05) is 0 Å². The fraction of sp³-hybridized carbons (Fsp3) is 0.0909. The molecular formula is C11H14FeP2. The van der Waals surface area contributed by atoms with E-state index in [-0.39, 0.29) is 17.1 Å². The zero-order chi connectivity index (χ0) is 9.52. The van der Waals surface area contributed by atoms with Crippen LogP contribution < -0.4 is 0 Å². The van der Waals surface area contributed by atoms with Gasteiger partial charge in [-0.2, -0.15) is 35.9 Å². The zero-order valence-electron chi connectivity index (χ0n) is 7.78. The van der Waals surface area contributed by atoms with Gasteiger partial charge in [-0.3, -0.25) is 0 Å². The molecule has 2 unspecified atom stereocenters. The molecule has 3 heteroatoms. The molecule has 2 aromatic carbocycles. The van der Waals surface area contributed by atoms with Crippen molar-refractivity contribution >= 4 is 18.5 Å². The molecule has 0 aliphatic rings. The van der Waals surface area contributed by atoms with Crippen molar-refractivity contribution in [1.29, 1.82) is 0 Å². The molecule has 0 amide bonds. The Kier molecular flexibility index (Phi) is 8.44. The van der Waals surface area contributed by atoms with Crippen molar-refractivity contribution in [2.75, 3.05) is 0 Å². The van der Waals surface area contributed by atoms with E-state index in [1.54, 1.807) is 0 Å².